The van der Waals surface area contributed by atoms with Gasteiger partial charge in [0.2, 0.25) is 0 Å². The Balaban J connectivity index is 2.37. The highest BCUT2D eigenvalue weighted by atomic mass is 35.5. The molecule has 0 radical (unpaired) electrons. The molecule has 6 heteroatoms. The van der Waals surface area contributed by atoms with Crippen molar-refractivity contribution in [1.82, 2.24) is 5.32 Å². The molecular weight excluding hydrogens is 324 g/mol. The van der Waals surface area contributed by atoms with Gasteiger partial charge in [-0.05, 0) is 31.3 Å². The van der Waals surface area contributed by atoms with Crippen molar-refractivity contribution in [1.29, 1.82) is 0 Å². The number of rotatable bonds is 4. The Hall–Kier alpha value is -1.000. The lowest BCUT2D eigenvalue weighted by Gasteiger charge is -2.13. The van der Waals surface area contributed by atoms with Crippen molar-refractivity contribution in [3.05, 3.63) is 56.8 Å². The van der Waals surface area contributed by atoms with Crippen molar-refractivity contribution in [3.8, 4) is 11.5 Å². The fraction of sp³-hybridized carbons (Fsp3) is 0.143. The van der Waals surface area contributed by atoms with Gasteiger partial charge in [-0.3, -0.25) is 0 Å². The van der Waals surface area contributed by atoms with Crippen LogP contribution in [0.2, 0.25) is 15.1 Å². The predicted octanol–water partition coefficient (Wildman–Crippen LogP) is 5.30. The summed E-state index contributed by atoms with van der Waals surface area (Å²) >= 11 is 17.8. The predicted molar refractivity (Wildman–Crippen MR) is 80.7 cm³/mol. The first-order valence-electron chi connectivity index (χ1n) is 5.76. The van der Waals surface area contributed by atoms with Crippen LogP contribution in [-0.2, 0) is 6.54 Å². The van der Waals surface area contributed by atoms with Crippen LogP contribution in [0, 0.1) is 5.82 Å². The van der Waals surface area contributed by atoms with Gasteiger partial charge in [0.15, 0.2) is 0 Å². The van der Waals surface area contributed by atoms with E-state index in [1.165, 1.54) is 24.3 Å². The number of nitrogens with one attached hydrogen (secondary N) is 1. The second-order valence-electron chi connectivity index (χ2n) is 4.08. The van der Waals surface area contributed by atoms with Gasteiger partial charge in [0.1, 0.15) is 17.3 Å². The molecule has 2 nitrogen and oxygen atoms in total. The normalized spacial score (nSPS) is 10.7. The maximum Gasteiger partial charge on any atom is 0.147 e. The average Bonchev–Trinajstić information content (AvgIpc) is 2.39. The van der Waals surface area contributed by atoms with Gasteiger partial charge in [0, 0.05) is 18.2 Å². The number of ether oxygens (including phenoxy) is 1. The molecule has 0 heterocycles. The van der Waals surface area contributed by atoms with Crippen molar-refractivity contribution in [2.24, 2.45) is 0 Å². The third-order valence-electron chi connectivity index (χ3n) is 2.58. The molecule has 2 rings (SSSR count). The largest absolute Gasteiger partial charge is 0.455 e. The lowest BCUT2D eigenvalue weighted by molar-refractivity contribution is 0.472. The smallest absolute Gasteiger partial charge is 0.147 e. The van der Waals surface area contributed by atoms with Gasteiger partial charge in [-0.25, -0.2) is 4.39 Å². The van der Waals surface area contributed by atoms with Crippen LogP contribution in [0.25, 0.3) is 0 Å². The number of hydrogen-bond acceptors (Lipinski definition) is 2. The van der Waals surface area contributed by atoms with E-state index in [-0.39, 0.29) is 5.82 Å². The van der Waals surface area contributed by atoms with Gasteiger partial charge in [0.05, 0.1) is 15.1 Å². The second-order valence-corrected chi connectivity index (χ2v) is 5.30. The minimum absolute atomic E-state index is 0.331. The first-order chi connectivity index (χ1) is 9.51. The van der Waals surface area contributed by atoms with Gasteiger partial charge in [-0.15, -0.1) is 0 Å². The average molecular weight is 335 g/mol. The Morgan fingerprint density at radius 1 is 1.00 bits per heavy atom. The van der Waals surface area contributed by atoms with Crippen molar-refractivity contribution in [2.75, 3.05) is 7.05 Å². The van der Waals surface area contributed by atoms with Crippen molar-refractivity contribution in [3.63, 3.8) is 0 Å². The summed E-state index contributed by atoms with van der Waals surface area (Å²) in [7, 11) is 1.76. The molecule has 0 bridgehead atoms. The molecule has 1 N–H and O–H groups in total. The van der Waals surface area contributed by atoms with E-state index in [0.717, 1.165) is 0 Å². The zero-order valence-corrected chi connectivity index (χ0v) is 12.8. The zero-order valence-electron chi connectivity index (χ0n) is 10.5. The number of benzene rings is 2. The van der Waals surface area contributed by atoms with E-state index in [0.29, 0.717) is 38.7 Å². The molecule has 0 aliphatic carbocycles. The fourth-order valence-electron chi connectivity index (χ4n) is 1.68. The van der Waals surface area contributed by atoms with Crippen LogP contribution >= 0.6 is 34.8 Å². The van der Waals surface area contributed by atoms with E-state index in [1.807, 2.05) is 0 Å². The summed E-state index contributed by atoms with van der Waals surface area (Å²) in [6, 6.07) is 7.29. The molecule has 2 aromatic carbocycles. The fourth-order valence-corrected chi connectivity index (χ4v) is 2.25. The molecule has 0 aliphatic rings. The molecular formula is C14H11Cl3FNO. The highest BCUT2D eigenvalue weighted by Crippen LogP contribution is 2.37. The van der Waals surface area contributed by atoms with Crippen LogP contribution in [0.3, 0.4) is 0 Å². The van der Waals surface area contributed by atoms with Gasteiger partial charge in [-0.2, -0.15) is 0 Å². The third-order valence-corrected chi connectivity index (χ3v) is 3.60. The lowest BCUT2D eigenvalue weighted by atomic mass is 10.2. The molecule has 0 unspecified atom stereocenters. The maximum atomic E-state index is 13.3. The summed E-state index contributed by atoms with van der Waals surface area (Å²) in [5.74, 6) is 0.536. The highest BCUT2D eigenvalue weighted by Gasteiger charge is 2.11. The van der Waals surface area contributed by atoms with E-state index in [2.05, 4.69) is 5.32 Å². The Bertz CT molecular complexity index is 634. The summed E-state index contributed by atoms with van der Waals surface area (Å²) < 4.78 is 19.0. The molecule has 106 valence electrons. The van der Waals surface area contributed by atoms with Crippen LogP contribution in [0.4, 0.5) is 4.39 Å². The molecule has 0 fully saturated rings. The maximum absolute atomic E-state index is 13.3. The van der Waals surface area contributed by atoms with Crippen molar-refractivity contribution in [2.45, 2.75) is 6.54 Å². The molecule has 2 aromatic rings. The third kappa shape index (κ3) is 3.55. The van der Waals surface area contributed by atoms with E-state index in [4.69, 9.17) is 39.5 Å². The van der Waals surface area contributed by atoms with Crippen LogP contribution in [0.1, 0.15) is 5.56 Å². The molecule has 0 aliphatic heterocycles. The minimum atomic E-state index is -0.331. The molecule has 0 saturated heterocycles. The number of halogens is 4. The summed E-state index contributed by atoms with van der Waals surface area (Å²) in [6.07, 6.45) is 0. The Morgan fingerprint density at radius 3 is 2.40 bits per heavy atom. The summed E-state index contributed by atoms with van der Waals surface area (Å²) in [6.45, 7) is 0.464. The molecule has 0 amide bonds. The SMILES string of the molecule is CNCc1cc(F)ccc1Oc1cc(Cl)c(Cl)cc1Cl. The van der Waals surface area contributed by atoms with Crippen LogP contribution in [0.15, 0.2) is 30.3 Å². The highest BCUT2D eigenvalue weighted by molar-refractivity contribution is 6.43. The van der Waals surface area contributed by atoms with E-state index >= 15 is 0 Å². The quantitative estimate of drug-likeness (QED) is 0.766. The van der Waals surface area contributed by atoms with Gasteiger partial charge in [0.25, 0.3) is 0 Å². The minimum Gasteiger partial charge on any atom is -0.455 e. The van der Waals surface area contributed by atoms with Gasteiger partial charge in [-0.1, -0.05) is 34.8 Å². The molecule has 0 atom stereocenters. The lowest BCUT2D eigenvalue weighted by Crippen LogP contribution is -2.06. The molecule has 0 saturated carbocycles. The number of hydrogen-bond donors (Lipinski definition) is 1. The van der Waals surface area contributed by atoms with Gasteiger partial charge < -0.3 is 10.1 Å². The first kappa shape index (κ1) is 15.4. The van der Waals surface area contributed by atoms with Crippen molar-refractivity contribution >= 4 is 34.8 Å². The Morgan fingerprint density at radius 2 is 1.70 bits per heavy atom. The van der Waals surface area contributed by atoms with Crippen LogP contribution in [0.5, 0.6) is 11.5 Å². The Kier molecular flexibility index (Phi) is 5.11. The van der Waals surface area contributed by atoms with Gasteiger partial charge >= 0.3 is 0 Å². The molecule has 20 heavy (non-hydrogen) atoms. The first-order valence-corrected chi connectivity index (χ1v) is 6.90. The topological polar surface area (TPSA) is 21.3 Å². The zero-order chi connectivity index (χ0) is 14.7. The van der Waals surface area contributed by atoms with E-state index < -0.39 is 0 Å². The van der Waals surface area contributed by atoms with Crippen LogP contribution < -0.4 is 10.1 Å². The van der Waals surface area contributed by atoms with E-state index in [1.54, 1.807) is 13.1 Å². The second kappa shape index (κ2) is 6.64. The van der Waals surface area contributed by atoms with Crippen LogP contribution in [-0.4, -0.2) is 7.05 Å². The molecule has 0 spiro atoms. The monoisotopic (exact) mass is 333 g/mol. The Labute approximate surface area is 131 Å². The van der Waals surface area contributed by atoms with E-state index in [9.17, 15) is 4.39 Å². The summed E-state index contributed by atoms with van der Waals surface area (Å²) in [5.41, 5.74) is 0.676. The molecule has 0 aromatic heterocycles. The standard InChI is InChI=1S/C14H11Cl3FNO/c1-19-7-8-4-9(18)2-3-13(8)20-14-6-11(16)10(15)5-12(14)17/h2-6,19H,7H2,1H3. The summed E-state index contributed by atoms with van der Waals surface area (Å²) in [4.78, 5) is 0. The van der Waals surface area contributed by atoms with Crippen molar-refractivity contribution < 1.29 is 9.13 Å². The summed E-state index contributed by atoms with van der Waals surface area (Å²) in [5, 5.41) is 3.96.